The summed E-state index contributed by atoms with van der Waals surface area (Å²) in [6.45, 7) is 3.68. The van der Waals surface area contributed by atoms with Crippen molar-refractivity contribution < 1.29 is 9.90 Å². The molecule has 4 nitrogen and oxygen atoms in total. The molecule has 1 heterocycles. The minimum atomic E-state index is -0.189. The predicted molar refractivity (Wildman–Crippen MR) is 71.7 cm³/mol. The van der Waals surface area contributed by atoms with Gasteiger partial charge in [-0.3, -0.25) is 4.79 Å². The van der Waals surface area contributed by atoms with Crippen LogP contribution in [0, 0.1) is 6.92 Å². The van der Waals surface area contributed by atoms with Gasteiger partial charge in [0, 0.05) is 23.6 Å². The highest BCUT2D eigenvalue weighted by Gasteiger charge is 2.22. The normalized spacial score (nSPS) is 12.7. The summed E-state index contributed by atoms with van der Waals surface area (Å²) in [5.74, 6) is -0.0634. The number of H-pyrrole nitrogens is 1. The second-order valence-electron chi connectivity index (χ2n) is 4.62. The first-order valence-corrected chi connectivity index (χ1v) is 6.01. The van der Waals surface area contributed by atoms with Gasteiger partial charge in [0.15, 0.2) is 0 Å². The Morgan fingerprint density at radius 1 is 1.44 bits per heavy atom. The fourth-order valence-corrected chi connectivity index (χ4v) is 2.05. The van der Waals surface area contributed by atoms with Crippen molar-refractivity contribution in [3.63, 3.8) is 0 Å². The van der Waals surface area contributed by atoms with Gasteiger partial charge in [0.1, 0.15) is 0 Å². The minimum absolute atomic E-state index is 0.0381. The molecule has 2 rings (SSSR count). The molecule has 1 aromatic heterocycles. The third-order valence-corrected chi connectivity index (χ3v) is 3.35. The Morgan fingerprint density at radius 2 is 2.11 bits per heavy atom. The van der Waals surface area contributed by atoms with Crippen LogP contribution in [0.15, 0.2) is 24.3 Å². The van der Waals surface area contributed by atoms with E-state index in [2.05, 4.69) is 4.98 Å². The van der Waals surface area contributed by atoms with Gasteiger partial charge in [0.05, 0.1) is 18.2 Å². The molecule has 0 saturated heterocycles. The SMILES string of the molecule is Cc1[nH]c2ccccc2c1C(=O)N(C)C(C)CO. The van der Waals surface area contributed by atoms with Crippen LogP contribution in [-0.2, 0) is 0 Å². The Balaban J connectivity index is 2.47. The maximum Gasteiger partial charge on any atom is 0.256 e. The number of fused-ring (bicyclic) bond motifs is 1. The van der Waals surface area contributed by atoms with E-state index in [-0.39, 0.29) is 18.6 Å². The first-order chi connectivity index (χ1) is 8.56. The molecule has 0 fully saturated rings. The zero-order valence-electron chi connectivity index (χ0n) is 10.9. The van der Waals surface area contributed by atoms with Crippen molar-refractivity contribution in [2.24, 2.45) is 0 Å². The van der Waals surface area contributed by atoms with Crippen molar-refractivity contribution in [2.45, 2.75) is 19.9 Å². The summed E-state index contributed by atoms with van der Waals surface area (Å²) in [6.07, 6.45) is 0. The summed E-state index contributed by atoms with van der Waals surface area (Å²) in [6, 6.07) is 7.55. The molecule has 0 aliphatic heterocycles. The number of amides is 1. The number of nitrogens with one attached hydrogen (secondary N) is 1. The molecule has 1 amide bonds. The number of carbonyl (C=O) groups is 1. The number of likely N-dealkylation sites (N-methyl/N-ethyl adjacent to an activating group) is 1. The number of aryl methyl sites for hydroxylation is 1. The standard InChI is InChI=1S/C14H18N2O2/c1-9(8-17)16(3)14(18)13-10(2)15-12-7-5-4-6-11(12)13/h4-7,9,15,17H,8H2,1-3H3. The number of hydrogen-bond donors (Lipinski definition) is 2. The lowest BCUT2D eigenvalue weighted by Crippen LogP contribution is -2.37. The van der Waals surface area contributed by atoms with Crippen LogP contribution in [0.2, 0.25) is 0 Å². The fourth-order valence-electron chi connectivity index (χ4n) is 2.05. The molecular formula is C14H18N2O2. The van der Waals surface area contributed by atoms with Gasteiger partial charge in [-0.25, -0.2) is 0 Å². The molecule has 2 N–H and O–H groups in total. The van der Waals surface area contributed by atoms with Crippen LogP contribution in [0.5, 0.6) is 0 Å². The zero-order valence-corrected chi connectivity index (χ0v) is 10.9. The highest BCUT2D eigenvalue weighted by Crippen LogP contribution is 2.23. The maximum atomic E-state index is 12.4. The fraction of sp³-hybridized carbons (Fsp3) is 0.357. The summed E-state index contributed by atoms with van der Waals surface area (Å²) in [7, 11) is 1.71. The van der Waals surface area contributed by atoms with E-state index in [0.29, 0.717) is 5.56 Å². The first kappa shape index (κ1) is 12.6. The van der Waals surface area contributed by atoms with Crippen molar-refractivity contribution >= 4 is 16.8 Å². The van der Waals surface area contributed by atoms with Crippen LogP contribution in [-0.4, -0.2) is 40.6 Å². The highest BCUT2D eigenvalue weighted by atomic mass is 16.3. The van der Waals surface area contributed by atoms with Crippen LogP contribution in [0.25, 0.3) is 10.9 Å². The van der Waals surface area contributed by atoms with Crippen LogP contribution in [0.1, 0.15) is 23.0 Å². The van der Waals surface area contributed by atoms with E-state index in [4.69, 9.17) is 5.11 Å². The molecule has 4 heteroatoms. The van der Waals surface area contributed by atoms with Gasteiger partial charge < -0.3 is 15.0 Å². The van der Waals surface area contributed by atoms with Gasteiger partial charge in [-0.15, -0.1) is 0 Å². The lowest BCUT2D eigenvalue weighted by molar-refractivity contribution is 0.0683. The molecule has 0 bridgehead atoms. The van der Waals surface area contributed by atoms with Gasteiger partial charge in [-0.1, -0.05) is 18.2 Å². The molecule has 0 aliphatic carbocycles. The van der Waals surface area contributed by atoms with Gasteiger partial charge in [0.2, 0.25) is 0 Å². The Kier molecular flexibility index (Phi) is 3.39. The Bertz CT molecular complexity index is 574. The van der Waals surface area contributed by atoms with E-state index in [0.717, 1.165) is 16.6 Å². The number of aromatic amines is 1. The number of nitrogens with zero attached hydrogens (tertiary/aromatic N) is 1. The van der Waals surface area contributed by atoms with E-state index in [1.165, 1.54) is 0 Å². The van der Waals surface area contributed by atoms with Crippen molar-refractivity contribution in [2.75, 3.05) is 13.7 Å². The molecule has 0 radical (unpaired) electrons. The van der Waals surface area contributed by atoms with Gasteiger partial charge in [-0.2, -0.15) is 0 Å². The van der Waals surface area contributed by atoms with Crippen LogP contribution in [0.4, 0.5) is 0 Å². The monoisotopic (exact) mass is 246 g/mol. The second-order valence-corrected chi connectivity index (χ2v) is 4.62. The van der Waals surface area contributed by atoms with Gasteiger partial charge in [0.25, 0.3) is 5.91 Å². The summed E-state index contributed by atoms with van der Waals surface area (Å²) in [4.78, 5) is 17.2. The van der Waals surface area contributed by atoms with E-state index in [1.807, 2.05) is 38.1 Å². The zero-order chi connectivity index (χ0) is 13.3. The van der Waals surface area contributed by atoms with Crippen molar-refractivity contribution in [3.8, 4) is 0 Å². The average molecular weight is 246 g/mol. The third-order valence-electron chi connectivity index (χ3n) is 3.35. The predicted octanol–water partition coefficient (Wildman–Crippen LogP) is 1.93. The largest absolute Gasteiger partial charge is 0.394 e. The first-order valence-electron chi connectivity index (χ1n) is 6.01. The van der Waals surface area contributed by atoms with Crippen LogP contribution >= 0.6 is 0 Å². The highest BCUT2D eigenvalue weighted by molar-refractivity contribution is 6.08. The number of carbonyl (C=O) groups excluding carboxylic acids is 1. The summed E-state index contributed by atoms with van der Waals surface area (Å²) < 4.78 is 0. The Morgan fingerprint density at radius 3 is 2.78 bits per heavy atom. The lowest BCUT2D eigenvalue weighted by Gasteiger charge is -2.23. The molecule has 2 aromatic rings. The van der Waals surface area contributed by atoms with Crippen LogP contribution < -0.4 is 0 Å². The molecule has 1 unspecified atom stereocenters. The minimum Gasteiger partial charge on any atom is -0.394 e. The second kappa shape index (κ2) is 4.82. The number of hydrogen-bond acceptors (Lipinski definition) is 2. The van der Waals surface area contributed by atoms with Crippen LogP contribution in [0.3, 0.4) is 0 Å². The number of para-hydroxylation sites is 1. The third kappa shape index (κ3) is 1.99. The number of aliphatic hydroxyl groups excluding tert-OH is 1. The number of benzene rings is 1. The molecule has 18 heavy (non-hydrogen) atoms. The molecular weight excluding hydrogens is 228 g/mol. The van der Waals surface area contributed by atoms with E-state index < -0.39 is 0 Å². The lowest BCUT2D eigenvalue weighted by atomic mass is 10.1. The average Bonchev–Trinajstić information content (AvgIpc) is 2.71. The molecule has 0 aliphatic rings. The summed E-state index contributed by atoms with van der Waals surface area (Å²) in [5.41, 5.74) is 2.51. The number of rotatable bonds is 3. The summed E-state index contributed by atoms with van der Waals surface area (Å²) in [5, 5.41) is 10.1. The Labute approximate surface area is 106 Å². The molecule has 1 aromatic carbocycles. The quantitative estimate of drug-likeness (QED) is 0.869. The molecule has 0 saturated carbocycles. The van der Waals surface area contributed by atoms with E-state index in [1.54, 1.807) is 11.9 Å². The number of aromatic nitrogens is 1. The Hall–Kier alpha value is -1.81. The molecule has 96 valence electrons. The summed E-state index contributed by atoms with van der Waals surface area (Å²) >= 11 is 0. The molecule has 1 atom stereocenters. The maximum absolute atomic E-state index is 12.4. The van der Waals surface area contributed by atoms with E-state index >= 15 is 0 Å². The van der Waals surface area contributed by atoms with E-state index in [9.17, 15) is 4.79 Å². The van der Waals surface area contributed by atoms with Gasteiger partial charge in [-0.05, 0) is 19.9 Å². The van der Waals surface area contributed by atoms with Crippen molar-refractivity contribution in [3.05, 3.63) is 35.5 Å². The van der Waals surface area contributed by atoms with Crippen molar-refractivity contribution in [1.29, 1.82) is 0 Å². The smallest absolute Gasteiger partial charge is 0.256 e. The number of aliphatic hydroxyl groups is 1. The van der Waals surface area contributed by atoms with Gasteiger partial charge >= 0.3 is 0 Å². The molecule has 0 spiro atoms. The van der Waals surface area contributed by atoms with Crippen molar-refractivity contribution in [1.82, 2.24) is 9.88 Å². The topological polar surface area (TPSA) is 56.3 Å².